The van der Waals surface area contributed by atoms with Gasteiger partial charge in [-0.25, -0.2) is 4.39 Å². The molecule has 1 fully saturated rings. The Morgan fingerprint density at radius 3 is 2.63 bits per heavy atom. The van der Waals surface area contributed by atoms with Crippen molar-refractivity contribution in [2.24, 2.45) is 11.8 Å². The molecule has 0 radical (unpaired) electrons. The molecule has 2 nitrogen and oxygen atoms in total. The molecule has 1 saturated carbocycles. The van der Waals surface area contributed by atoms with Crippen LogP contribution in [0.15, 0.2) is 18.2 Å². The second-order valence-corrected chi connectivity index (χ2v) is 5.86. The fourth-order valence-corrected chi connectivity index (χ4v) is 2.29. The summed E-state index contributed by atoms with van der Waals surface area (Å²) in [5, 5.41) is 3.58. The number of nitrogens with one attached hydrogen (secondary N) is 1. The van der Waals surface area contributed by atoms with E-state index in [4.69, 9.17) is 4.74 Å². The summed E-state index contributed by atoms with van der Waals surface area (Å²) in [6, 6.07) is 6.02. The zero-order chi connectivity index (χ0) is 13.8. The van der Waals surface area contributed by atoms with Crippen molar-refractivity contribution >= 4 is 0 Å². The molecule has 0 amide bonds. The van der Waals surface area contributed by atoms with Gasteiger partial charge in [-0.2, -0.15) is 0 Å². The van der Waals surface area contributed by atoms with Crippen LogP contribution in [0.2, 0.25) is 0 Å². The minimum absolute atomic E-state index is 0.266. The Kier molecular flexibility index (Phi) is 4.81. The molecule has 1 unspecified atom stereocenters. The number of ether oxygens (including phenoxy) is 1. The molecular weight excluding hydrogens is 241 g/mol. The van der Waals surface area contributed by atoms with E-state index in [1.807, 2.05) is 6.07 Å². The molecule has 0 aliphatic heterocycles. The van der Waals surface area contributed by atoms with Gasteiger partial charge in [0.25, 0.3) is 0 Å². The first-order valence-electron chi connectivity index (χ1n) is 7.16. The molecule has 1 atom stereocenters. The van der Waals surface area contributed by atoms with Crippen LogP contribution in [0.5, 0.6) is 5.75 Å². The molecule has 2 rings (SSSR count). The molecule has 1 aliphatic carbocycles. The van der Waals surface area contributed by atoms with E-state index in [0.717, 1.165) is 24.6 Å². The number of benzene rings is 1. The van der Waals surface area contributed by atoms with Gasteiger partial charge in [-0.1, -0.05) is 19.9 Å². The Hall–Kier alpha value is -1.09. The predicted octanol–water partition coefficient (Wildman–Crippen LogP) is 3.40. The van der Waals surface area contributed by atoms with Crippen molar-refractivity contribution in [3.8, 4) is 5.75 Å². The van der Waals surface area contributed by atoms with E-state index in [1.165, 1.54) is 20.0 Å². The molecule has 1 aliphatic rings. The predicted molar refractivity (Wildman–Crippen MR) is 76.0 cm³/mol. The molecule has 1 N–H and O–H groups in total. The molecule has 0 aromatic heterocycles. The number of hydrogen-bond donors (Lipinski definition) is 1. The maximum atomic E-state index is 13.7. The Labute approximate surface area is 115 Å². The molecule has 106 valence electrons. The van der Waals surface area contributed by atoms with Gasteiger partial charge in [0.15, 0.2) is 11.6 Å². The fourth-order valence-electron chi connectivity index (χ4n) is 2.29. The van der Waals surface area contributed by atoms with Crippen molar-refractivity contribution in [1.82, 2.24) is 5.32 Å². The average Bonchev–Trinajstić information content (AvgIpc) is 3.18. The molecule has 19 heavy (non-hydrogen) atoms. The van der Waals surface area contributed by atoms with Crippen LogP contribution in [0.4, 0.5) is 4.39 Å². The summed E-state index contributed by atoms with van der Waals surface area (Å²) >= 11 is 0. The maximum Gasteiger partial charge on any atom is 0.165 e. The summed E-state index contributed by atoms with van der Waals surface area (Å²) in [5.41, 5.74) is 1.05. The summed E-state index contributed by atoms with van der Waals surface area (Å²) in [6.45, 7) is 5.49. The van der Waals surface area contributed by atoms with Crippen LogP contribution in [0.25, 0.3) is 0 Å². The largest absolute Gasteiger partial charge is 0.494 e. The SMILES string of the molecule is COc1ccc(CC(CNC2CC2)C(C)C)cc1F. The molecule has 0 heterocycles. The quantitative estimate of drug-likeness (QED) is 0.816. The molecule has 3 heteroatoms. The third kappa shape index (κ3) is 4.20. The minimum atomic E-state index is -0.266. The van der Waals surface area contributed by atoms with Crippen molar-refractivity contribution in [2.75, 3.05) is 13.7 Å². The molecule has 1 aromatic carbocycles. The zero-order valence-electron chi connectivity index (χ0n) is 12.1. The zero-order valence-corrected chi connectivity index (χ0v) is 12.1. The smallest absolute Gasteiger partial charge is 0.165 e. The van der Waals surface area contributed by atoms with Crippen LogP contribution >= 0.6 is 0 Å². The van der Waals surface area contributed by atoms with Gasteiger partial charge in [0.05, 0.1) is 7.11 Å². The highest BCUT2D eigenvalue weighted by atomic mass is 19.1. The third-order valence-electron chi connectivity index (χ3n) is 3.90. The molecule has 0 spiro atoms. The lowest BCUT2D eigenvalue weighted by Gasteiger charge is -2.21. The molecule has 0 bridgehead atoms. The van der Waals surface area contributed by atoms with Gasteiger partial charge >= 0.3 is 0 Å². The standard InChI is InChI=1S/C16H24FNO/c1-11(2)13(10-18-14-5-6-14)8-12-4-7-16(19-3)15(17)9-12/h4,7,9,11,13-14,18H,5-6,8,10H2,1-3H3. The summed E-state index contributed by atoms with van der Waals surface area (Å²) in [6.07, 6.45) is 3.53. The first kappa shape index (κ1) is 14.3. The van der Waals surface area contributed by atoms with Crippen LogP contribution in [0.3, 0.4) is 0 Å². The van der Waals surface area contributed by atoms with Gasteiger partial charge in [0.2, 0.25) is 0 Å². The maximum absolute atomic E-state index is 13.7. The molecular formula is C16H24FNO. The molecule has 1 aromatic rings. The van der Waals surface area contributed by atoms with Gasteiger partial charge < -0.3 is 10.1 Å². The van der Waals surface area contributed by atoms with E-state index >= 15 is 0 Å². The van der Waals surface area contributed by atoms with Crippen LogP contribution in [0.1, 0.15) is 32.3 Å². The van der Waals surface area contributed by atoms with Gasteiger partial charge in [-0.15, -0.1) is 0 Å². The van der Waals surface area contributed by atoms with Crippen molar-refractivity contribution in [3.05, 3.63) is 29.6 Å². The normalized spacial score (nSPS) is 16.7. The Morgan fingerprint density at radius 1 is 1.37 bits per heavy atom. The Morgan fingerprint density at radius 2 is 2.11 bits per heavy atom. The van der Waals surface area contributed by atoms with Crippen LogP contribution in [0, 0.1) is 17.7 Å². The van der Waals surface area contributed by atoms with Crippen molar-refractivity contribution in [2.45, 2.75) is 39.2 Å². The number of rotatable bonds is 7. The van der Waals surface area contributed by atoms with E-state index in [0.29, 0.717) is 17.6 Å². The summed E-state index contributed by atoms with van der Waals surface area (Å²) in [5.74, 6) is 1.20. The van der Waals surface area contributed by atoms with Crippen LogP contribution in [-0.4, -0.2) is 19.7 Å². The number of hydrogen-bond acceptors (Lipinski definition) is 2. The lowest BCUT2D eigenvalue weighted by Crippen LogP contribution is -2.29. The summed E-state index contributed by atoms with van der Waals surface area (Å²) < 4.78 is 18.6. The van der Waals surface area contributed by atoms with E-state index in [-0.39, 0.29) is 5.82 Å². The highest BCUT2D eigenvalue weighted by Crippen LogP contribution is 2.24. The first-order chi connectivity index (χ1) is 9.10. The van der Waals surface area contributed by atoms with E-state index in [2.05, 4.69) is 19.2 Å². The molecule has 0 saturated heterocycles. The Bertz CT molecular complexity index is 415. The Balaban J connectivity index is 1.96. The lowest BCUT2D eigenvalue weighted by atomic mass is 9.89. The second-order valence-electron chi connectivity index (χ2n) is 5.86. The summed E-state index contributed by atoms with van der Waals surface area (Å²) in [4.78, 5) is 0. The van der Waals surface area contributed by atoms with Crippen molar-refractivity contribution in [3.63, 3.8) is 0 Å². The van der Waals surface area contributed by atoms with E-state index in [1.54, 1.807) is 12.1 Å². The highest BCUT2D eigenvalue weighted by molar-refractivity contribution is 5.29. The first-order valence-corrected chi connectivity index (χ1v) is 7.16. The fraction of sp³-hybridized carbons (Fsp3) is 0.625. The van der Waals surface area contributed by atoms with Gasteiger partial charge in [0.1, 0.15) is 0 Å². The minimum Gasteiger partial charge on any atom is -0.494 e. The lowest BCUT2D eigenvalue weighted by molar-refractivity contribution is 0.357. The number of halogens is 1. The third-order valence-corrected chi connectivity index (χ3v) is 3.90. The monoisotopic (exact) mass is 265 g/mol. The van der Waals surface area contributed by atoms with Crippen molar-refractivity contribution < 1.29 is 9.13 Å². The van der Waals surface area contributed by atoms with Crippen LogP contribution in [-0.2, 0) is 6.42 Å². The number of methoxy groups -OCH3 is 1. The van der Waals surface area contributed by atoms with E-state index < -0.39 is 0 Å². The van der Waals surface area contributed by atoms with Gasteiger partial charge in [0, 0.05) is 6.04 Å². The van der Waals surface area contributed by atoms with Gasteiger partial charge in [-0.05, 0) is 55.3 Å². The van der Waals surface area contributed by atoms with Crippen LogP contribution < -0.4 is 10.1 Å². The van der Waals surface area contributed by atoms with Gasteiger partial charge in [-0.3, -0.25) is 0 Å². The summed E-state index contributed by atoms with van der Waals surface area (Å²) in [7, 11) is 1.49. The second kappa shape index (κ2) is 6.38. The van der Waals surface area contributed by atoms with Crippen molar-refractivity contribution in [1.29, 1.82) is 0 Å². The average molecular weight is 265 g/mol. The topological polar surface area (TPSA) is 21.3 Å². The van der Waals surface area contributed by atoms with E-state index in [9.17, 15) is 4.39 Å². The highest BCUT2D eigenvalue weighted by Gasteiger charge is 2.23.